The molecule has 1 aliphatic carbocycles. The van der Waals surface area contributed by atoms with Gasteiger partial charge < -0.3 is 5.41 Å². The van der Waals surface area contributed by atoms with Gasteiger partial charge in [0, 0.05) is 16.7 Å². The van der Waals surface area contributed by atoms with Crippen LogP contribution >= 0.6 is 0 Å². The number of rotatable bonds is 2. The first kappa shape index (κ1) is 15.7. The lowest BCUT2D eigenvalue weighted by Gasteiger charge is -2.24. The van der Waals surface area contributed by atoms with Gasteiger partial charge in [0.1, 0.15) is 0 Å². The molecule has 0 heterocycles. The zero-order chi connectivity index (χ0) is 16.8. The van der Waals surface area contributed by atoms with Gasteiger partial charge in [-0.25, -0.2) is 0 Å². The molecule has 0 bridgehead atoms. The number of hydrogen-bond donors (Lipinski definition) is 1. The summed E-state index contributed by atoms with van der Waals surface area (Å²) in [7, 11) is 0. The standard InChI is InChI=1S/C22H25N/c1-14-10-12-17(15(14)2)19-13-11-16-8-6-7-9-18(16)20(19)21(23)22(3,4)5/h6-11,13,23H,12H2,1-5H3. The van der Waals surface area contributed by atoms with E-state index in [0.29, 0.717) is 5.71 Å². The molecule has 0 saturated heterocycles. The summed E-state index contributed by atoms with van der Waals surface area (Å²) in [6, 6.07) is 12.8. The summed E-state index contributed by atoms with van der Waals surface area (Å²) in [5.41, 5.74) is 6.98. The average molecular weight is 303 g/mol. The molecule has 0 atom stereocenters. The van der Waals surface area contributed by atoms with E-state index >= 15 is 0 Å². The number of hydrogen-bond acceptors (Lipinski definition) is 1. The van der Waals surface area contributed by atoms with Crippen molar-refractivity contribution in [3.05, 3.63) is 64.7 Å². The zero-order valence-electron chi connectivity index (χ0n) is 14.7. The normalized spacial score (nSPS) is 15.3. The van der Waals surface area contributed by atoms with Gasteiger partial charge in [0.15, 0.2) is 0 Å². The van der Waals surface area contributed by atoms with E-state index in [1.807, 2.05) is 0 Å². The zero-order valence-corrected chi connectivity index (χ0v) is 14.7. The molecule has 0 amide bonds. The Morgan fingerprint density at radius 2 is 1.70 bits per heavy atom. The van der Waals surface area contributed by atoms with Crippen molar-refractivity contribution in [2.45, 2.75) is 41.0 Å². The highest BCUT2D eigenvalue weighted by Gasteiger charge is 2.25. The van der Waals surface area contributed by atoms with Crippen molar-refractivity contribution < 1.29 is 0 Å². The molecule has 3 rings (SSSR count). The predicted octanol–water partition coefficient (Wildman–Crippen LogP) is 6.38. The van der Waals surface area contributed by atoms with E-state index in [4.69, 9.17) is 5.41 Å². The second-order valence-corrected chi connectivity index (χ2v) is 7.53. The van der Waals surface area contributed by atoms with E-state index in [1.165, 1.54) is 33.1 Å². The highest BCUT2D eigenvalue weighted by atomic mass is 14.5. The molecule has 1 heteroatoms. The van der Waals surface area contributed by atoms with Crippen LogP contribution in [0, 0.1) is 10.8 Å². The van der Waals surface area contributed by atoms with Gasteiger partial charge in [-0.15, -0.1) is 0 Å². The number of nitrogens with one attached hydrogen (secondary N) is 1. The van der Waals surface area contributed by atoms with E-state index in [0.717, 1.165) is 12.0 Å². The van der Waals surface area contributed by atoms with Crippen LogP contribution < -0.4 is 0 Å². The first-order chi connectivity index (χ1) is 10.8. The van der Waals surface area contributed by atoms with Crippen molar-refractivity contribution >= 4 is 22.1 Å². The number of fused-ring (bicyclic) bond motifs is 1. The van der Waals surface area contributed by atoms with Crippen molar-refractivity contribution in [3.63, 3.8) is 0 Å². The second-order valence-electron chi connectivity index (χ2n) is 7.53. The lowest BCUT2D eigenvalue weighted by Crippen LogP contribution is -2.22. The van der Waals surface area contributed by atoms with Crippen molar-refractivity contribution in [1.82, 2.24) is 0 Å². The minimum atomic E-state index is -0.172. The molecule has 0 aromatic heterocycles. The number of allylic oxidation sites excluding steroid dienone is 4. The molecule has 23 heavy (non-hydrogen) atoms. The molecule has 0 aliphatic heterocycles. The topological polar surface area (TPSA) is 23.9 Å². The largest absolute Gasteiger partial charge is 0.304 e. The summed E-state index contributed by atoms with van der Waals surface area (Å²) in [6.07, 6.45) is 3.27. The van der Waals surface area contributed by atoms with Crippen molar-refractivity contribution in [3.8, 4) is 0 Å². The van der Waals surface area contributed by atoms with Crippen LogP contribution in [0.1, 0.15) is 52.2 Å². The minimum Gasteiger partial charge on any atom is -0.304 e. The third-order valence-electron chi connectivity index (χ3n) is 4.91. The summed E-state index contributed by atoms with van der Waals surface area (Å²) in [5, 5.41) is 11.2. The van der Waals surface area contributed by atoms with Crippen LogP contribution in [0.25, 0.3) is 16.3 Å². The Balaban J connectivity index is 2.33. The summed E-state index contributed by atoms with van der Waals surface area (Å²) in [5.74, 6) is 0. The van der Waals surface area contributed by atoms with E-state index in [1.54, 1.807) is 0 Å². The maximum Gasteiger partial charge on any atom is 0.0451 e. The van der Waals surface area contributed by atoms with Gasteiger partial charge in [-0.3, -0.25) is 0 Å². The monoisotopic (exact) mass is 303 g/mol. The Hall–Kier alpha value is -2.15. The molecule has 1 aliphatic rings. The fourth-order valence-corrected chi connectivity index (χ4v) is 3.28. The highest BCUT2D eigenvalue weighted by Crippen LogP contribution is 2.39. The third-order valence-corrected chi connectivity index (χ3v) is 4.91. The fourth-order valence-electron chi connectivity index (χ4n) is 3.28. The van der Waals surface area contributed by atoms with Crippen LogP contribution in [0.4, 0.5) is 0 Å². The maximum atomic E-state index is 8.84. The van der Waals surface area contributed by atoms with Crippen molar-refractivity contribution in [2.75, 3.05) is 0 Å². The Morgan fingerprint density at radius 1 is 1.00 bits per heavy atom. The van der Waals surface area contributed by atoms with Gasteiger partial charge >= 0.3 is 0 Å². The van der Waals surface area contributed by atoms with Crippen LogP contribution in [0.2, 0.25) is 0 Å². The molecule has 0 fully saturated rings. The van der Waals surface area contributed by atoms with Gasteiger partial charge in [-0.2, -0.15) is 0 Å². The summed E-state index contributed by atoms with van der Waals surface area (Å²) >= 11 is 0. The number of benzene rings is 2. The van der Waals surface area contributed by atoms with Gasteiger partial charge in [-0.1, -0.05) is 68.8 Å². The molecule has 1 nitrogen and oxygen atoms in total. The summed E-state index contributed by atoms with van der Waals surface area (Å²) < 4.78 is 0. The third kappa shape index (κ3) is 2.65. The van der Waals surface area contributed by atoms with E-state index in [9.17, 15) is 0 Å². The van der Waals surface area contributed by atoms with E-state index in [2.05, 4.69) is 77.1 Å². The van der Waals surface area contributed by atoms with Gasteiger partial charge in [-0.05, 0) is 47.8 Å². The summed E-state index contributed by atoms with van der Waals surface area (Å²) in [6.45, 7) is 10.8. The van der Waals surface area contributed by atoms with Crippen LogP contribution in [0.15, 0.2) is 53.6 Å². The van der Waals surface area contributed by atoms with Crippen LogP contribution in [-0.4, -0.2) is 5.71 Å². The molecule has 0 unspecified atom stereocenters. The Labute approximate surface area is 139 Å². The SMILES string of the molecule is CC1=CCC(c2ccc3ccccc3c2C(=N)C(C)(C)C)=C1C. The molecule has 0 spiro atoms. The quantitative estimate of drug-likeness (QED) is 0.623. The van der Waals surface area contributed by atoms with Crippen molar-refractivity contribution in [1.29, 1.82) is 5.41 Å². The second kappa shape index (κ2) is 5.49. The highest BCUT2D eigenvalue weighted by molar-refractivity contribution is 6.15. The molecular weight excluding hydrogens is 278 g/mol. The molecule has 1 N–H and O–H groups in total. The van der Waals surface area contributed by atoms with Crippen LogP contribution in [-0.2, 0) is 0 Å². The average Bonchev–Trinajstić information content (AvgIpc) is 2.84. The molecule has 0 radical (unpaired) electrons. The van der Waals surface area contributed by atoms with Crippen LogP contribution in [0.5, 0.6) is 0 Å². The first-order valence-electron chi connectivity index (χ1n) is 8.29. The minimum absolute atomic E-state index is 0.172. The summed E-state index contributed by atoms with van der Waals surface area (Å²) in [4.78, 5) is 0. The lowest BCUT2D eigenvalue weighted by atomic mass is 9.80. The molecule has 2 aromatic rings. The predicted molar refractivity (Wildman–Crippen MR) is 101 cm³/mol. The fraction of sp³-hybridized carbons (Fsp3) is 0.318. The molecule has 2 aromatic carbocycles. The van der Waals surface area contributed by atoms with Gasteiger partial charge in [0.2, 0.25) is 0 Å². The van der Waals surface area contributed by atoms with Crippen molar-refractivity contribution in [2.24, 2.45) is 5.41 Å². The first-order valence-corrected chi connectivity index (χ1v) is 8.29. The van der Waals surface area contributed by atoms with Gasteiger partial charge in [0.25, 0.3) is 0 Å². The molecular formula is C22H25N. The Bertz CT molecular complexity index is 857. The maximum absolute atomic E-state index is 8.84. The molecule has 118 valence electrons. The van der Waals surface area contributed by atoms with E-state index < -0.39 is 0 Å². The van der Waals surface area contributed by atoms with Gasteiger partial charge in [0.05, 0.1) is 0 Å². The van der Waals surface area contributed by atoms with Crippen LogP contribution in [0.3, 0.4) is 0 Å². The molecule has 0 saturated carbocycles. The Morgan fingerprint density at radius 3 is 2.30 bits per heavy atom. The Kier molecular flexibility index (Phi) is 3.75. The van der Waals surface area contributed by atoms with E-state index in [-0.39, 0.29) is 5.41 Å². The smallest absolute Gasteiger partial charge is 0.0451 e. The lowest BCUT2D eigenvalue weighted by molar-refractivity contribution is 0.589.